The molecule has 7 heteroatoms. The van der Waals surface area contributed by atoms with Crippen molar-refractivity contribution in [2.75, 3.05) is 27.4 Å². The second-order valence-corrected chi connectivity index (χ2v) is 5.68. The molecular formula is C19H19NO6. The van der Waals surface area contributed by atoms with Crippen LogP contribution in [0.4, 0.5) is 0 Å². The molecule has 0 unspecified atom stereocenters. The first-order chi connectivity index (χ1) is 12.6. The van der Waals surface area contributed by atoms with Crippen LogP contribution >= 0.6 is 0 Å². The molecule has 1 aromatic carbocycles. The normalized spacial score (nSPS) is 10.8. The number of furan rings is 1. The van der Waals surface area contributed by atoms with Crippen LogP contribution in [-0.2, 0) is 11.3 Å². The topological polar surface area (TPSA) is 82.1 Å². The number of fused-ring (bicyclic) bond motifs is 1. The standard InChI is InChI=1S/C19H19NO6/c1-23-9-7-20(11-13-6-8-25-12-13)18(21)15-10-14-4-3-5-16(24-2)17(14)26-19(15)22/h3-6,8,10,12H,7,9,11H2,1-2H3. The minimum Gasteiger partial charge on any atom is -0.493 e. The van der Waals surface area contributed by atoms with Crippen molar-refractivity contribution in [1.29, 1.82) is 0 Å². The van der Waals surface area contributed by atoms with Crippen molar-refractivity contribution in [3.05, 3.63) is 64.4 Å². The van der Waals surface area contributed by atoms with Crippen LogP contribution in [0.3, 0.4) is 0 Å². The minimum atomic E-state index is -0.707. The molecule has 0 aliphatic rings. The summed E-state index contributed by atoms with van der Waals surface area (Å²) in [6.45, 7) is 0.973. The van der Waals surface area contributed by atoms with Gasteiger partial charge in [-0.3, -0.25) is 4.79 Å². The van der Waals surface area contributed by atoms with Gasteiger partial charge in [-0.1, -0.05) is 12.1 Å². The molecule has 3 rings (SSSR count). The monoisotopic (exact) mass is 357 g/mol. The Morgan fingerprint density at radius 1 is 1.23 bits per heavy atom. The fraction of sp³-hybridized carbons (Fsp3) is 0.263. The molecule has 0 radical (unpaired) electrons. The Morgan fingerprint density at radius 2 is 2.08 bits per heavy atom. The van der Waals surface area contributed by atoms with E-state index in [1.165, 1.54) is 24.3 Å². The van der Waals surface area contributed by atoms with Crippen LogP contribution in [0.1, 0.15) is 15.9 Å². The highest BCUT2D eigenvalue weighted by Gasteiger charge is 2.22. The molecule has 0 saturated carbocycles. The van der Waals surface area contributed by atoms with E-state index in [4.69, 9.17) is 18.3 Å². The maximum Gasteiger partial charge on any atom is 0.349 e. The van der Waals surface area contributed by atoms with Gasteiger partial charge in [-0.2, -0.15) is 0 Å². The van der Waals surface area contributed by atoms with Crippen molar-refractivity contribution in [3.8, 4) is 5.75 Å². The van der Waals surface area contributed by atoms with Crippen molar-refractivity contribution in [3.63, 3.8) is 0 Å². The van der Waals surface area contributed by atoms with Crippen molar-refractivity contribution >= 4 is 16.9 Å². The lowest BCUT2D eigenvalue weighted by atomic mass is 10.1. The average Bonchev–Trinajstić information content (AvgIpc) is 3.16. The van der Waals surface area contributed by atoms with Gasteiger partial charge in [0.25, 0.3) is 5.91 Å². The number of rotatable bonds is 7. The number of carbonyl (C=O) groups excluding carboxylic acids is 1. The van der Waals surface area contributed by atoms with Gasteiger partial charge in [-0.05, 0) is 18.2 Å². The van der Waals surface area contributed by atoms with Gasteiger partial charge in [-0.25, -0.2) is 4.79 Å². The van der Waals surface area contributed by atoms with E-state index < -0.39 is 11.5 Å². The first-order valence-corrected chi connectivity index (χ1v) is 8.04. The summed E-state index contributed by atoms with van der Waals surface area (Å²) in [5, 5.41) is 0.613. The summed E-state index contributed by atoms with van der Waals surface area (Å²) in [4.78, 5) is 26.9. The third-order valence-electron chi connectivity index (χ3n) is 3.98. The number of methoxy groups -OCH3 is 2. The summed E-state index contributed by atoms with van der Waals surface area (Å²) >= 11 is 0. The van der Waals surface area contributed by atoms with Crippen LogP contribution < -0.4 is 10.4 Å². The van der Waals surface area contributed by atoms with Crippen molar-refractivity contribution in [2.24, 2.45) is 0 Å². The quantitative estimate of drug-likeness (QED) is 0.605. The van der Waals surface area contributed by atoms with Gasteiger partial charge < -0.3 is 23.2 Å². The Bertz CT molecular complexity index is 944. The van der Waals surface area contributed by atoms with Crippen molar-refractivity contribution < 1.29 is 23.1 Å². The number of para-hydroxylation sites is 1. The minimum absolute atomic E-state index is 0.0367. The van der Waals surface area contributed by atoms with Crippen LogP contribution in [0.25, 0.3) is 11.0 Å². The number of ether oxygens (including phenoxy) is 2. The highest BCUT2D eigenvalue weighted by atomic mass is 16.5. The van der Waals surface area contributed by atoms with E-state index in [1.807, 2.05) is 0 Å². The molecular weight excluding hydrogens is 338 g/mol. The maximum absolute atomic E-state index is 12.9. The van der Waals surface area contributed by atoms with E-state index in [2.05, 4.69) is 0 Å². The molecule has 0 saturated heterocycles. The summed E-state index contributed by atoms with van der Waals surface area (Å²) in [6, 6.07) is 8.51. The summed E-state index contributed by atoms with van der Waals surface area (Å²) < 4.78 is 20.7. The molecule has 2 heterocycles. The van der Waals surface area contributed by atoms with Gasteiger partial charge in [0.15, 0.2) is 11.3 Å². The highest BCUT2D eigenvalue weighted by Crippen LogP contribution is 2.24. The number of hydrogen-bond donors (Lipinski definition) is 0. The van der Waals surface area contributed by atoms with Gasteiger partial charge in [-0.15, -0.1) is 0 Å². The Morgan fingerprint density at radius 3 is 2.77 bits per heavy atom. The molecule has 0 fully saturated rings. The van der Waals surface area contributed by atoms with Gasteiger partial charge in [0.05, 0.1) is 26.2 Å². The molecule has 0 aliphatic heterocycles. The summed E-state index contributed by atoms with van der Waals surface area (Å²) in [7, 11) is 3.04. The van der Waals surface area contributed by atoms with Crippen LogP contribution in [0.2, 0.25) is 0 Å². The van der Waals surface area contributed by atoms with Crippen LogP contribution in [0, 0.1) is 0 Å². The molecule has 26 heavy (non-hydrogen) atoms. The first kappa shape index (κ1) is 17.8. The zero-order valence-electron chi connectivity index (χ0n) is 14.6. The number of carbonyl (C=O) groups is 1. The van der Waals surface area contributed by atoms with Crippen LogP contribution in [-0.4, -0.2) is 38.2 Å². The Labute approximate surface area is 149 Å². The number of hydrogen-bond acceptors (Lipinski definition) is 6. The van der Waals surface area contributed by atoms with Crippen molar-refractivity contribution in [1.82, 2.24) is 4.90 Å². The lowest BCUT2D eigenvalue weighted by Gasteiger charge is -2.21. The number of nitrogens with zero attached hydrogens (tertiary/aromatic N) is 1. The Hall–Kier alpha value is -3.06. The molecule has 136 valence electrons. The highest BCUT2D eigenvalue weighted by molar-refractivity contribution is 5.97. The molecule has 0 N–H and O–H groups in total. The maximum atomic E-state index is 12.9. The molecule has 2 aromatic heterocycles. The SMILES string of the molecule is COCCN(Cc1ccoc1)C(=O)c1cc2cccc(OC)c2oc1=O. The third kappa shape index (κ3) is 3.62. The van der Waals surface area contributed by atoms with E-state index >= 15 is 0 Å². The van der Waals surface area contributed by atoms with E-state index in [9.17, 15) is 9.59 Å². The molecule has 0 spiro atoms. The lowest BCUT2D eigenvalue weighted by Crippen LogP contribution is -2.35. The average molecular weight is 357 g/mol. The fourth-order valence-electron chi connectivity index (χ4n) is 2.65. The molecule has 1 amide bonds. The largest absolute Gasteiger partial charge is 0.493 e. The van der Waals surface area contributed by atoms with Gasteiger partial charge in [0.1, 0.15) is 5.56 Å². The third-order valence-corrected chi connectivity index (χ3v) is 3.98. The smallest absolute Gasteiger partial charge is 0.349 e. The van der Waals surface area contributed by atoms with E-state index in [-0.39, 0.29) is 5.56 Å². The summed E-state index contributed by atoms with van der Waals surface area (Å²) in [5.74, 6) is 0.00922. The molecule has 0 aliphatic carbocycles. The lowest BCUT2D eigenvalue weighted by molar-refractivity contribution is 0.0676. The number of benzene rings is 1. The van der Waals surface area contributed by atoms with E-state index in [0.717, 1.165) is 5.56 Å². The number of amides is 1. The van der Waals surface area contributed by atoms with Gasteiger partial charge >= 0.3 is 5.63 Å². The predicted octanol–water partition coefficient (Wildman–Crippen LogP) is 2.68. The van der Waals surface area contributed by atoms with Gasteiger partial charge in [0.2, 0.25) is 0 Å². The first-order valence-electron chi connectivity index (χ1n) is 8.04. The van der Waals surface area contributed by atoms with E-state index in [0.29, 0.717) is 36.4 Å². The van der Waals surface area contributed by atoms with Crippen LogP contribution in [0.5, 0.6) is 5.75 Å². The van der Waals surface area contributed by atoms with E-state index in [1.54, 1.807) is 37.6 Å². The van der Waals surface area contributed by atoms with Crippen LogP contribution in [0.15, 0.2) is 56.5 Å². The zero-order chi connectivity index (χ0) is 18.5. The molecule has 0 bridgehead atoms. The summed E-state index contributed by atoms with van der Waals surface area (Å²) in [6.07, 6.45) is 3.09. The zero-order valence-corrected chi connectivity index (χ0v) is 14.6. The predicted molar refractivity (Wildman–Crippen MR) is 94.4 cm³/mol. The molecule has 7 nitrogen and oxygen atoms in total. The Kier molecular flexibility index (Phi) is 5.38. The Balaban J connectivity index is 1.97. The molecule has 3 aromatic rings. The summed E-state index contributed by atoms with van der Waals surface area (Å²) in [5.41, 5.74) is 0.392. The van der Waals surface area contributed by atoms with Crippen molar-refractivity contribution in [2.45, 2.75) is 6.54 Å². The fourth-order valence-corrected chi connectivity index (χ4v) is 2.65. The van der Waals surface area contributed by atoms with Gasteiger partial charge in [0, 0.05) is 31.1 Å². The second-order valence-electron chi connectivity index (χ2n) is 5.68. The second kappa shape index (κ2) is 7.88. The molecule has 0 atom stereocenters.